The summed E-state index contributed by atoms with van der Waals surface area (Å²) in [6, 6.07) is -12.0. The minimum atomic E-state index is -2.11. The third-order valence-electron chi connectivity index (χ3n) is 16.1. The smallest absolute Gasteiger partial charge is 0.328 e. The predicted molar refractivity (Wildman–Crippen MR) is 346 cm³/mol. The van der Waals surface area contributed by atoms with Crippen LogP contribution in [0, 0.1) is 29.6 Å². The first kappa shape index (κ1) is 83.7. The zero-order valence-corrected chi connectivity index (χ0v) is 57.6. The number of allylic oxidation sites excluding steroid dienone is 1. The standard InChI is InChI=1S/C63H103N13O20/c1-29(2)23-31(5)17-20-41(80)25-44(81)66-26-46(83)70-49(36(10)77)58(88)72-48(34(8)64)57(87)71-47(32(6)33(7)54(65)84)56(86)73-50-38(12)96-63(93)35(9)75(13)62(92)51(53(95-16)39-18-21-40(79)22-19-39)74-60(90)52(37(11)78)76(14)61(91)42(24-30(3)4)68-45(82)27-67-55(85)43(28-94-15)69-59(50)89/h17-22,29-38,41-43,47-53,77-80H,23-28,64H2,1-16H3,(H2,65,84)(H,66,81)(H,67,85)(H,68,82)(H,69,89)(H,70,83)(H,71,87)(H,72,88)(H,73,86)(H,74,90)/b20-17-/t31?,32-,33+,34-,35-,36+,37+,38+,41?,42-,43+,47-,48-,49+,50+,51+,52-,53+/m0/s1. The number of amides is 12. The molecule has 1 aliphatic heterocycles. The maximum atomic E-state index is 14.9. The number of primary amides is 1. The van der Waals surface area contributed by atoms with E-state index in [1.165, 1.54) is 79.1 Å². The molecule has 2 rings (SSSR count). The van der Waals surface area contributed by atoms with E-state index in [4.69, 9.17) is 25.7 Å². The van der Waals surface area contributed by atoms with Crippen molar-refractivity contribution in [3.8, 4) is 5.75 Å². The van der Waals surface area contributed by atoms with Gasteiger partial charge >= 0.3 is 5.97 Å². The average Bonchev–Trinajstić information content (AvgIpc) is 0.818. The number of nitrogens with zero attached hydrogens (tertiary/aromatic N) is 2. The van der Waals surface area contributed by atoms with E-state index in [1.807, 2.05) is 20.8 Å². The predicted octanol–water partition coefficient (Wildman–Crippen LogP) is -4.13. The van der Waals surface area contributed by atoms with Crippen LogP contribution in [-0.2, 0) is 76.5 Å². The minimum Gasteiger partial charge on any atom is -0.508 e. The molecular weight excluding hydrogens is 1260 g/mol. The van der Waals surface area contributed by atoms with Gasteiger partial charge < -0.3 is 104 Å². The topological polar surface area (TPSA) is 497 Å². The molecule has 33 heteroatoms. The number of hydrogen-bond donors (Lipinski definition) is 15. The molecule has 540 valence electrons. The number of aromatic hydroxyl groups is 1. The second kappa shape index (κ2) is 39.6. The summed E-state index contributed by atoms with van der Waals surface area (Å²) >= 11 is 0. The van der Waals surface area contributed by atoms with Crippen molar-refractivity contribution in [1.29, 1.82) is 0 Å². The molecule has 1 aromatic rings. The molecule has 12 amide bonds. The number of carbonyl (C=O) groups is 13. The normalized spacial score (nSPS) is 23.5. The second-order valence-electron chi connectivity index (χ2n) is 25.3. The number of benzene rings is 1. The minimum absolute atomic E-state index is 0.0354. The van der Waals surface area contributed by atoms with Crippen molar-refractivity contribution in [1.82, 2.24) is 57.7 Å². The molecule has 0 spiro atoms. The Morgan fingerprint density at radius 1 is 0.719 bits per heavy atom. The summed E-state index contributed by atoms with van der Waals surface area (Å²) in [7, 11) is 4.66. The number of cyclic esters (lactones) is 1. The first-order chi connectivity index (χ1) is 44.7. The highest BCUT2D eigenvalue weighted by atomic mass is 16.5. The van der Waals surface area contributed by atoms with Gasteiger partial charge in [0.05, 0.1) is 44.4 Å². The molecule has 0 saturated carbocycles. The molecule has 0 bridgehead atoms. The Bertz CT molecular complexity index is 2880. The Labute approximate surface area is 559 Å². The lowest BCUT2D eigenvalue weighted by Gasteiger charge is -2.36. The van der Waals surface area contributed by atoms with Crippen LogP contribution in [0.3, 0.4) is 0 Å². The molecule has 1 saturated heterocycles. The van der Waals surface area contributed by atoms with Crippen LogP contribution in [0.1, 0.15) is 114 Å². The lowest BCUT2D eigenvalue weighted by Crippen LogP contribution is -2.65. The van der Waals surface area contributed by atoms with Crippen molar-refractivity contribution in [2.24, 2.45) is 41.1 Å². The monoisotopic (exact) mass is 1360 g/mol. The van der Waals surface area contributed by atoms with E-state index in [9.17, 15) is 82.8 Å². The highest BCUT2D eigenvalue weighted by Gasteiger charge is 2.44. The van der Waals surface area contributed by atoms with Crippen molar-refractivity contribution < 1.29 is 97.0 Å². The first-order valence-electron chi connectivity index (χ1n) is 31.7. The lowest BCUT2D eigenvalue weighted by molar-refractivity contribution is -0.162. The SMILES string of the molecule is COC[C@H]1NC(=O)[C@H](NC(=O)[C@@H](NC(=O)[C@@H](NC(=O)[C@H](NC(=O)CNC(=O)CC(O)/C=C\C(C)CC(C)C)[C@@H](C)O)[C@H](C)N)[C@@H](C)[C@@H](C)C(N)=O)[C@@H](C)OC(=O)[C@H](C)N(C)C(=O)[C@@H]([C@H](OC)c2ccc(O)cc2)NC(=O)[C@H]([C@@H](C)O)N(C)C(=O)[C@H](CC(C)C)NC(=O)CNC1=O. The van der Waals surface area contributed by atoms with Gasteiger partial charge in [-0.1, -0.05) is 72.8 Å². The second-order valence-corrected chi connectivity index (χ2v) is 25.3. The van der Waals surface area contributed by atoms with Gasteiger partial charge in [-0.15, -0.1) is 0 Å². The highest BCUT2D eigenvalue weighted by molar-refractivity contribution is 5.99. The van der Waals surface area contributed by atoms with Crippen molar-refractivity contribution >= 4 is 76.9 Å². The number of nitrogens with two attached hydrogens (primary N) is 2. The van der Waals surface area contributed by atoms with Crippen LogP contribution < -0.4 is 59.3 Å². The van der Waals surface area contributed by atoms with E-state index in [0.29, 0.717) is 5.92 Å². The van der Waals surface area contributed by atoms with Gasteiger partial charge in [0.1, 0.15) is 72.3 Å². The summed E-state index contributed by atoms with van der Waals surface area (Å²) in [4.78, 5) is 184. The Kier molecular flexibility index (Phi) is 34.5. The maximum Gasteiger partial charge on any atom is 0.328 e. The molecule has 0 radical (unpaired) electrons. The summed E-state index contributed by atoms with van der Waals surface area (Å²) in [5.74, 6) is -16.5. The number of methoxy groups -OCH3 is 2. The average molecular weight is 1360 g/mol. The van der Waals surface area contributed by atoms with Crippen LogP contribution >= 0.6 is 0 Å². The van der Waals surface area contributed by atoms with Crippen LogP contribution in [0.4, 0.5) is 0 Å². The molecule has 18 atom stereocenters. The van der Waals surface area contributed by atoms with Crippen LogP contribution in [0.25, 0.3) is 0 Å². The van der Waals surface area contributed by atoms with E-state index in [2.05, 4.69) is 47.9 Å². The van der Waals surface area contributed by atoms with Gasteiger partial charge in [0.15, 0.2) is 0 Å². The molecule has 96 heavy (non-hydrogen) atoms. The number of carbonyl (C=O) groups excluding carboxylic acids is 13. The van der Waals surface area contributed by atoms with Crippen LogP contribution in [-0.4, -0.2) is 240 Å². The maximum absolute atomic E-state index is 14.9. The Balaban J connectivity index is 2.77. The molecule has 0 aromatic heterocycles. The van der Waals surface area contributed by atoms with Gasteiger partial charge in [-0.2, -0.15) is 0 Å². The molecule has 2 unspecified atom stereocenters. The van der Waals surface area contributed by atoms with Crippen molar-refractivity contribution in [3.63, 3.8) is 0 Å². The molecule has 1 fully saturated rings. The molecule has 1 aromatic carbocycles. The van der Waals surface area contributed by atoms with Gasteiger partial charge in [-0.3, -0.25) is 57.5 Å². The Morgan fingerprint density at radius 2 is 1.31 bits per heavy atom. The molecule has 0 aliphatic carbocycles. The van der Waals surface area contributed by atoms with E-state index in [1.54, 1.807) is 19.9 Å². The number of hydrogen-bond acceptors (Lipinski definition) is 21. The number of rotatable bonds is 28. The zero-order chi connectivity index (χ0) is 73.3. The number of ether oxygens (including phenoxy) is 3. The summed E-state index contributed by atoms with van der Waals surface area (Å²) in [6.07, 6.45) is -4.07. The van der Waals surface area contributed by atoms with Crippen LogP contribution in [0.5, 0.6) is 5.75 Å². The summed E-state index contributed by atoms with van der Waals surface area (Å²) in [6.45, 7) is 15.9. The van der Waals surface area contributed by atoms with E-state index >= 15 is 0 Å². The molecule has 1 heterocycles. The van der Waals surface area contributed by atoms with Gasteiger partial charge in [-0.05, 0) is 88.8 Å². The van der Waals surface area contributed by atoms with Gasteiger partial charge in [0, 0.05) is 40.3 Å². The molecule has 17 N–H and O–H groups in total. The summed E-state index contributed by atoms with van der Waals surface area (Å²) in [5, 5.41) is 63.9. The quantitative estimate of drug-likeness (QED) is 0.0280. The van der Waals surface area contributed by atoms with Gasteiger partial charge in [0.2, 0.25) is 70.9 Å². The van der Waals surface area contributed by atoms with Crippen LogP contribution in [0.15, 0.2) is 36.4 Å². The van der Waals surface area contributed by atoms with Crippen LogP contribution in [0.2, 0.25) is 0 Å². The van der Waals surface area contributed by atoms with Crippen molar-refractivity contribution in [2.45, 2.75) is 193 Å². The number of phenols is 1. The third kappa shape index (κ3) is 26.0. The number of nitrogens with one attached hydrogen (secondary N) is 9. The number of esters is 1. The Hall–Kier alpha value is -8.37. The van der Waals surface area contributed by atoms with Gasteiger partial charge in [-0.25, -0.2) is 4.79 Å². The Morgan fingerprint density at radius 3 is 1.84 bits per heavy atom. The largest absolute Gasteiger partial charge is 0.508 e. The third-order valence-corrected chi connectivity index (χ3v) is 16.1. The van der Waals surface area contributed by atoms with Crippen molar-refractivity contribution in [2.75, 3.05) is 48.0 Å². The highest BCUT2D eigenvalue weighted by Crippen LogP contribution is 2.26. The van der Waals surface area contributed by atoms with Gasteiger partial charge in [0.25, 0.3) is 0 Å². The van der Waals surface area contributed by atoms with Crippen molar-refractivity contribution in [3.05, 3.63) is 42.0 Å². The number of likely N-dealkylation sites (N-methyl/N-ethyl adjacent to an activating group) is 2. The fourth-order valence-electron chi connectivity index (χ4n) is 10.3. The number of aliphatic hydroxyl groups is 3. The number of aliphatic hydroxyl groups excluding tert-OH is 3. The first-order valence-corrected chi connectivity index (χ1v) is 31.7. The fraction of sp³-hybridized carbons (Fsp3) is 0.667. The molecule has 33 nitrogen and oxygen atoms in total. The fourth-order valence-corrected chi connectivity index (χ4v) is 10.3. The molecular formula is C63H103N13O20. The number of phenolic OH excluding ortho intramolecular Hbond substituents is 1. The molecule has 1 aliphatic rings. The van der Waals surface area contributed by atoms with E-state index in [-0.39, 0.29) is 29.6 Å². The summed E-state index contributed by atoms with van der Waals surface area (Å²) < 4.78 is 16.8. The van der Waals surface area contributed by atoms with E-state index < -0.39 is 206 Å². The lowest BCUT2D eigenvalue weighted by atomic mass is 9.87. The zero-order valence-electron chi connectivity index (χ0n) is 57.6. The van der Waals surface area contributed by atoms with E-state index in [0.717, 1.165) is 44.2 Å². The summed E-state index contributed by atoms with van der Waals surface area (Å²) in [5.41, 5.74) is 12.1.